The molecule has 0 saturated carbocycles. The molecule has 0 fully saturated rings. The second kappa shape index (κ2) is 4.55. The summed E-state index contributed by atoms with van der Waals surface area (Å²) in [4.78, 5) is 11.4. The highest BCUT2D eigenvalue weighted by Crippen LogP contribution is 2.26. The average Bonchev–Trinajstić information content (AvgIpc) is 2.68. The van der Waals surface area contributed by atoms with Gasteiger partial charge >= 0.3 is 5.97 Å². The van der Waals surface area contributed by atoms with Gasteiger partial charge in [0.15, 0.2) is 9.84 Å². The Morgan fingerprint density at radius 1 is 1.50 bits per heavy atom. The van der Waals surface area contributed by atoms with E-state index in [-0.39, 0.29) is 9.96 Å². The molecule has 1 rings (SSSR count). The Hall–Kier alpha value is -0.880. The van der Waals surface area contributed by atoms with Gasteiger partial charge in [0, 0.05) is 0 Å². The summed E-state index contributed by atoms with van der Waals surface area (Å²) in [5.74, 6) is -0.764. The molecule has 0 spiro atoms. The first kappa shape index (κ1) is 13.2. The monoisotopic (exact) mass is 262 g/mol. The molecule has 90 valence electrons. The molecule has 4 nitrogen and oxygen atoms in total. The Morgan fingerprint density at radius 2 is 2.12 bits per heavy atom. The average molecular weight is 262 g/mol. The second-order valence-corrected chi connectivity index (χ2v) is 7.23. The number of hydrogen-bond donors (Lipinski definition) is 0. The minimum absolute atomic E-state index is 0.243. The van der Waals surface area contributed by atoms with Gasteiger partial charge in [0.25, 0.3) is 0 Å². The lowest BCUT2D eigenvalue weighted by Crippen LogP contribution is -2.33. The summed E-state index contributed by atoms with van der Waals surface area (Å²) in [6, 6.07) is 3.20. The van der Waals surface area contributed by atoms with Crippen molar-refractivity contribution in [3.8, 4) is 0 Å². The van der Waals surface area contributed by atoms with E-state index in [0.29, 0.717) is 0 Å². The van der Waals surface area contributed by atoms with Crippen molar-refractivity contribution in [1.82, 2.24) is 0 Å². The molecule has 6 heteroatoms. The molecule has 0 N–H and O–H groups in total. The lowest BCUT2D eigenvalue weighted by Gasteiger charge is -2.20. The van der Waals surface area contributed by atoms with Crippen LogP contribution in [-0.4, -0.2) is 27.2 Å². The maximum Gasteiger partial charge on any atom is 0.312 e. The first-order chi connectivity index (χ1) is 7.29. The highest BCUT2D eigenvalue weighted by molar-refractivity contribution is 7.93. The van der Waals surface area contributed by atoms with Crippen LogP contribution < -0.4 is 0 Å². The largest absolute Gasteiger partial charge is 0.469 e. The van der Waals surface area contributed by atoms with E-state index in [9.17, 15) is 13.2 Å². The molecule has 1 heterocycles. The maximum atomic E-state index is 11.9. The zero-order chi connectivity index (χ0) is 12.4. The lowest BCUT2D eigenvalue weighted by molar-refractivity contribution is -0.149. The number of rotatable bonds is 4. The van der Waals surface area contributed by atoms with Crippen molar-refractivity contribution in [1.29, 1.82) is 0 Å². The Balaban J connectivity index is 2.94. The minimum Gasteiger partial charge on any atom is -0.469 e. The van der Waals surface area contributed by atoms with Crippen LogP contribution >= 0.6 is 11.3 Å². The summed E-state index contributed by atoms with van der Waals surface area (Å²) in [5, 5.41) is 1.69. The van der Waals surface area contributed by atoms with Gasteiger partial charge in [-0.05, 0) is 25.3 Å². The fourth-order valence-electron chi connectivity index (χ4n) is 1.32. The van der Waals surface area contributed by atoms with Crippen LogP contribution in [0.4, 0.5) is 0 Å². The van der Waals surface area contributed by atoms with E-state index in [1.54, 1.807) is 25.3 Å². The number of hydrogen-bond acceptors (Lipinski definition) is 5. The fraction of sp³-hybridized carbons (Fsp3) is 0.500. The Kier molecular flexibility index (Phi) is 3.75. The van der Waals surface area contributed by atoms with Crippen molar-refractivity contribution in [3.63, 3.8) is 0 Å². The van der Waals surface area contributed by atoms with Crippen LogP contribution in [0, 0.1) is 5.41 Å². The summed E-state index contributed by atoms with van der Waals surface area (Å²) in [5.41, 5.74) is -1.03. The summed E-state index contributed by atoms with van der Waals surface area (Å²) >= 11 is 1.15. The third-order valence-corrected chi connectivity index (χ3v) is 5.65. The zero-order valence-electron chi connectivity index (χ0n) is 9.39. The number of thiophene rings is 1. The Bertz CT molecular complexity index is 457. The van der Waals surface area contributed by atoms with Crippen LogP contribution in [0.15, 0.2) is 21.7 Å². The number of carbonyl (C=O) groups excluding carboxylic acids is 1. The molecule has 0 amide bonds. The molecule has 0 aliphatic heterocycles. The summed E-state index contributed by atoms with van der Waals surface area (Å²) in [6.45, 7) is 3.12. The van der Waals surface area contributed by atoms with Gasteiger partial charge in [0.2, 0.25) is 0 Å². The fourth-order valence-corrected chi connectivity index (χ4v) is 4.20. The third-order valence-electron chi connectivity index (χ3n) is 2.09. The van der Waals surface area contributed by atoms with Crippen LogP contribution in [0.5, 0.6) is 0 Å². The molecule has 0 aliphatic carbocycles. The van der Waals surface area contributed by atoms with Gasteiger partial charge in [0.05, 0.1) is 18.3 Å². The van der Waals surface area contributed by atoms with Crippen LogP contribution in [-0.2, 0) is 19.4 Å². The van der Waals surface area contributed by atoms with Gasteiger partial charge < -0.3 is 4.74 Å². The first-order valence-electron chi connectivity index (χ1n) is 4.64. The lowest BCUT2D eigenvalue weighted by atomic mass is 9.97. The molecule has 0 saturated heterocycles. The van der Waals surface area contributed by atoms with Crippen LogP contribution in [0.25, 0.3) is 0 Å². The maximum absolute atomic E-state index is 11.9. The normalized spacial score (nSPS) is 12.4. The van der Waals surface area contributed by atoms with E-state index >= 15 is 0 Å². The van der Waals surface area contributed by atoms with Crippen molar-refractivity contribution >= 4 is 27.1 Å². The SMILES string of the molecule is COC(=O)C(C)(C)CS(=O)(=O)c1cccs1. The van der Waals surface area contributed by atoms with E-state index in [1.807, 2.05) is 0 Å². The number of carbonyl (C=O) groups is 1. The predicted octanol–water partition coefficient (Wildman–Crippen LogP) is 1.72. The molecule has 0 aliphatic rings. The predicted molar refractivity (Wildman–Crippen MR) is 62.2 cm³/mol. The number of ether oxygens (including phenoxy) is 1. The van der Waals surface area contributed by atoms with Crippen molar-refractivity contribution in [2.75, 3.05) is 12.9 Å². The van der Waals surface area contributed by atoms with Gasteiger partial charge in [-0.2, -0.15) is 0 Å². The Labute approximate surface area is 99.2 Å². The quantitative estimate of drug-likeness (QED) is 0.775. The summed E-state index contributed by atoms with van der Waals surface area (Å²) < 4.78 is 28.7. The van der Waals surface area contributed by atoms with Crippen LogP contribution in [0.3, 0.4) is 0 Å². The van der Waals surface area contributed by atoms with E-state index in [2.05, 4.69) is 4.74 Å². The molecule has 1 aromatic heterocycles. The highest BCUT2D eigenvalue weighted by Gasteiger charge is 2.35. The van der Waals surface area contributed by atoms with Crippen molar-refractivity contribution in [2.45, 2.75) is 18.1 Å². The first-order valence-corrected chi connectivity index (χ1v) is 7.17. The molecule has 0 aromatic carbocycles. The molecule has 0 bridgehead atoms. The number of sulfone groups is 1. The smallest absolute Gasteiger partial charge is 0.312 e. The van der Waals surface area contributed by atoms with Crippen molar-refractivity contribution < 1.29 is 17.9 Å². The summed E-state index contributed by atoms with van der Waals surface area (Å²) in [7, 11) is -2.16. The number of methoxy groups -OCH3 is 1. The summed E-state index contributed by atoms with van der Waals surface area (Å²) in [6.07, 6.45) is 0. The van der Waals surface area contributed by atoms with Crippen molar-refractivity contribution in [2.24, 2.45) is 5.41 Å². The van der Waals surface area contributed by atoms with Gasteiger partial charge in [-0.25, -0.2) is 8.42 Å². The van der Waals surface area contributed by atoms with E-state index in [4.69, 9.17) is 0 Å². The van der Waals surface area contributed by atoms with E-state index < -0.39 is 21.2 Å². The topological polar surface area (TPSA) is 60.4 Å². The second-order valence-electron chi connectivity index (χ2n) is 4.07. The van der Waals surface area contributed by atoms with Gasteiger partial charge in [-0.3, -0.25) is 4.79 Å². The van der Waals surface area contributed by atoms with Crippen LogP contribution in [0.2, 0.25) is 0 Å². The molecule has 0 radical (unpaired) electrons. The molecule has 0 unspecified atom stereocenters. The molecule has 1 aromatic rings. The van der Waals surface area contributed by atoms with Gasteiger partial charge in [0.1, 0.15) is 4.21 Å². The van der Waals surface area contributed by atoms with Crippen molar-refractivity contribution in [3.05, 3.63) is 17.5 Å². The molecule has 0 atom stereocenters. The molecular formula is C10H14O4S2. The third kappa shape index (κ3) is 2.82. The molecular weight excluding hydrogens is 248 g/mol. The van der Waals surface area contributed by atoms with Crippen LogP contribution in [0.1, 0.15) is 13.8 Å². The van der Waals surface area contributed by atoms with Gasteiger partial charge in [-0.15, -0.1) is 11.3 Å². The Morgan fingerprint density at radius 3 is 2.56 bits per heavy atom. The molecule has 16 heavy (non-hydrogen) atoms. The van der Waals surface area contributed by atoms with E-state index in [1.165, 1.54) is 13.2 Å². The minimum atomic E-state index is -3.41. The standard InChI is InChI=1S/C10H14O4S2/c1-10(2,9(11)14-3)7-16(12,13)8-5-4-6-15-8/h4-6H,7H2,1-3H3. The number of esters is 1. The van der Waals surface area contributed by atoms with Gasteiger partial charge in [-0.1, -0.05) is 6.07 Å². The van der Waals surface area contributed by atoms with E-state index in [0.717, 1.165) is 11.3 Å². The highest BCUT2D eigenvalue weighted by atomic mass is 32.2. The zero-order valence-corrected chi connectivity index (χ0v) is 11.0.